The molecule has 9 heteroatoms. The second kappa shape index (κ2) is 11.9. The molecule has 2 amide bonds. The van der Waals surface area contributed by atoms with Crippen molar-refractivity contribution >= 4 is 22.7 Å². The molecule has 1 aliphatic carbocycles. The van der Waals surface area contributed by atoms with E-state index in [2.05, 4.69) is 20.5 Å². The van der Waals surface area contributed by atoms with Crippen molar-refractivity contribution in [3.8, 4) is 0 Å². The number of carbonyl (C=O) groups excluding carboxylic acids is 2. The Balaban J connectivity index is 1.39. The summed E-state index contributed by atoms with van der Waals surface area (Å²) in [5.41, 5.74) is 3.06. The number of fused-ring (bicyclic) bond motifs is 3. The first-order valence-corrected chi connectivity index (χ1v) is 14.4. The Morgan fingerprint density at radius 2 is 1.92 bits per heavy atom. The topological polar surface area (TPSA) is 134 Å². The molecular formula is C30H41N5O4. The van der Waals surface area contributed by atoms with Gasteiger partial charge in [-0.05, 0) is 36.8 Å². The number of hydrogen-bond donors (Lipinski definition) is 5. The number of carbonyl (C=O) groups is 2. The molecule has 1 aromatic carbocycles. The lowest BCUT2D eigenvalue weighted by Gasteiger charge is -2.35. The summed E-state index contributed by atoms with van der Waals surface area (Å²) in [5, 5.41) is 33.1. The molecule has 39 heavy (non-hydrogen) atoms. The summed E-state index contributed by atoms with van der Waals surface area (Å²) in [6.07, 6.45) is 6.54. The number of aliphatic hydroxyl groups is 2. The number of nitrogens with zero attached hydrogens (tertiary/aromatic N) is 2. The number of aromatic nitrogens is 3. The molecule has 0 radical (unpaired) electrons. The zero-order chi connectivity index (χ0) is 27.5. The average Bonchev–Trinajstić information content (AvgIpc) is 3.64. The zero-order valence-electron chi connectivity index (χ0n) is 22.9. The first kappa shape index (κ1) is 27.4. The van der Waals surface area contributed by atoms with Crippen molar-refractivity contribution in [3.63, 3.8) is 0 Å². The SMILES string of the molecule is CC(C)C[C@H](O)[C@@H](O)[C@H](CC1CCCCC1)NC(=O)C(Cc1ccn[nH]1)N1Cc2c([nH]c3ccccc23)C1=O. The molecule has 1 unspecified atom stereocenters. The van der Waals surface area contributed by atoms with Gasteiger partial charge in [0, 0.05) is 41.3 Å². The van der Waals surface area contributed by atoms with Crippen molar-refractivity contribution in [1.29, 1.82) is 0 Å². The van der Waals surface area contributed by atoms with Gasteiger partial charge in [-0.2, -0.15) is 5.10 Å². The lowest BCUT2D eigenvalue weighted by Crippen LogP contribution is -2.56. The van der Waals surface area contributed by atoms with E-state index in [-0.39, 0.29) is 24.2 Å². The van der Waals surface area contributed by atoms with Crippen molar-refractivity contribution in [2.24, 2.45) is 11.8 Å². The van der Waals surface area contributed by atoms with Crippen LogP contribution >= 0.6 is 0 Å². The van der Waals surface area contributed by atoms with Crippen molar-refractivity contribution in [2.75, 3.05) is 0 Å². The Kier molecular flexibility index (Phi) is 8.37. The number of nitrogens with one attached hydrogen (secondary N) is 3. The molecule has 0 spiro atoms. The van der Waals surface area contributed by atoms with Gasteiger partial charge in [0.15, 0.2) is 0 Å². The normalized spacial score (nSPS) is 19.3. The Bertz CT molecular complexity index is 1260. The van der Waals surface area contributed by atoms with Crippen LogP contribution in [0, 0.1) is 11.8 Å². The first-order chi connectivity index (χ1) is 18.8. The van der Waals surface area contributed by atoms with Crippen LogP contribution in [0.2, 0.25) is 0 Å². The molecule has 5 N–H and O–H groups in total. The maximum atomic E-state index is 14.0. The van der Waals surface area contributed by atoms with Gasteiger partial charge >= 0.3 is 0 Å². The number of rotatable bonds is 11. The molecule has 210 valence electrons. The van der Waals surface area contributed by atoms with Crippen LogP contribution in [0.3, 0.4) is 0 Å². The van der Waals surface area contributed by atoms with E-state index in [0.29, 0.717) is 31.0 Å². The van der Waals surface area contributed by atoms with Gasteiger partial charge in [0.2, 0.25) is 5.91 Å². The summed E-state index contributed by atoms with van der Waals surface area (Å²) in [6.45, 7) is 4.32. The van der Waals surface area contributed by atoms with Gasteiger partial charge in [-0.1, -0.05) is 64.2 Å². The predicted molar refractivity (Wildman–Crippen MR) is 149 cm³/mol. The number of amides is 2. The Morgan fingerprint density at radius 1 is 1.15 bits per heavy atom. The summed E-state index contributed by atoms with van der Waals surface area (Å²) >= 11 is 0. The van der Waals surface area contributed by atoms with Gasteiger partial charge in [-0.25, -0.2) is 0 Å². The fourth-order valence-electron chi connectivity index (χ4n) is 6.37. The van der Waals surface area contributed by atoms with Crippen molar-refractivity contribution in [2.45, 2.75) is 96.1 Å². The molecule has 1 aliphatic heterocycles. The van der Waals surface area contributed by atoms with E-state index in [1.807, 2.05) is 38.1 Å². The lowest BCUT2D eigenvalue weighted by atomic mass is 9.82. The highest BCUT2D eigenvalue weighted by Crippen LogP contribution is 2.33. The molecule has 2 aromatic heterocycles. The highest BCUT2D eigenvalue weighted by atomic mass is 16.3. The van der Waals surface area contributed by atoms with Gasteiger partial charge in [0.1, 0.15) is 17.8 Å². The number of hydrogen-bond acceptors (Lipinski definition) is 5. The summed E-state index contributed by atoms with van der Waals surface area (Å²) in [6, 6.07) is 8.19. The number of benzene rings is 1. The van der Waals surface area contributed by atoms with Gasteiger partial charge in [0.05, 0.1) is 12.1 Å². The number of H-pyrrole nitrogens is 2. The summed E-state index contributed by atoms with van der Waals surface area (Å²) in [7, 11) is 0. The van der Waals surface area contributed by atoms with E-state index in [0.717, 1.165) is 47.8 Å². The molecule has 0 saturated heterocycles. The fraction of sp³-hybridized carbons (Fsp3) is 0.567. The molecule has 4 atom stereocenters. The first-order valence-electron chi connectivity index (χ1n) is 14.4. The Hall–Kier alpha value is -3.17. The van der Waals surface area contributed by atoms with Crippen LogP contribution in [-0.4, -0.2) is 66.4 Å². The summed E-state index contributed by atoms with van der Waals surface area (Å²) in [5.74, 6) is 0.0459. The highest BCUT2D eigenvalue weighted by Gasteiger charge is 2.40. The maximum absolute atomic E-state index is 14.0. The molecule has 1 saturated carbocycles. The number of aliphatic hydroxyl groups excluding tert-OH is 2. The summed E-state index contributed by atoms with van der Waals surface area (Å²) in [4.78, 5) is 32.5. The van der Waals surface area contributed by atoms with E-state index in [1.54, 1.807) is 17.2 Å². The average molecular weight is 536 g/mol. The smallest absolute Gasteiger partial charge is 0.271 e. The van der Waals surface area contributed by atoms with E-state index in [9.17, 15) is 19.8 Å². The van der Waals surface area contributed by atoms with E-state index >= 15 is 0 Å². The highest BCUT2D eigenvalue weighted by molar-refractivity contribution is 6.05. The number of para-hydroxylation sites is 1. The van der Waals surface area contributed by atoms with E-state index in [1.165, 1.54) is 6.42 Å². The zero-order valence-corrected chi connectivity index (χ0v) is 22.9. The molecule has 5 rings (SSSR count). The standard InChI is InChI=1S/C30H41N5O4/c1-18(2)14-26(36)28(37)24(15-19-8-4-3-5-9-19)33-29(38)25(16-20-12-13-31-34-20)35-17-22-21-10-6-7-11-23(21)32-27(22)30(35)39/h6-7,10-13,18-19,24-26,28,32,36-37H,3-5,8-9,14-17H2,1-2H3,(H,31,34)(H,33,38)/t24-,25?,26-,28-/m0/s1. The van der Waals surface area contributed by atoms with Crippen LogP contribution in [0.15, 0.2) is 36.5 Å². The molecule has 3 aromatic rings. The molecule has 9 nitrogen and oxygen atoms in total. The van der Waals surface area contributed by atoms with Crippen LogP contribution in [0.5, 0.6) is 0 Å². The second-order valence-corrected chi connectivity index (χ2v) is 11.8. The monoisotopic (exact) mass is 535 g/mol. The molecule has 2 aliphatic rings. The quantitative estimate of drug-likeness (QED) is 0.255. The minimum atomic E-state index is -1.09. The third-order valence-electron chi connectivity index (χ3n) is 8.43. The van der Waals surface area contributed by atoms with Crippen LogP contribution in [0.1, 0.15) is 80.5 Å². The summed E-state index contributed by atoms with van der Waals surface area (Å²) < 4.78 is 0. The van der Waals surface area contributed by atoms with Gasteiger partial charge in [-0.15, -0.1) is 0 Å². The Labute approximate surface area is 229 Å². The predicted octanol–water partition coefficient (Wildman–Crippen LogP) is 3.68. The molecule has 3 heterocycles. The fourth-order valence-corrected chi connectivity index (χ4v) is 6.37. The Morgan fingerprint density at radius 3 is 2.64 bits per heavy atom. The van der Waals surface area contributed by atoms with Crippen LogP contribution in [-0.2, 0) is 17.8 Å². The van der Waals surface area contributed by atoms with Crippen molar-refractivity contribution < 1.29 is 19.8 Å². The second-order valence-electron chi connectivity index (χ2n) is 11.8. The van der Waals surface area contributed by atoms with Crippen LogP contribution in [0.4, 0.5) is 0 Å². The molecule has 1 fully saturated rings. The van der Waals surface area contributed by atoms with Crippen molar-refractivity contribution in [1.82, 2.24) is 25.4 Å². The van der Waals surface area contributed by atoms with Crippen molar-refractivity contribution in [3.05, 3.63) is 53.5 Å². The van der Waals surface area contributed by atoms with Gasteiger partial charge in [0.25, 0.3) is 5.91 Å². The third-order valence-corrected chi connectivity index (χ3v) is 8.43. The molecule has 0 bridgehead atoms. The maximum Gasteiger partial charge on any atom is 0.271 e. The number of aromatic amines is 2. The minimum absolute atomic E-state index is 0.208. The van der Waals surface area contributed by atoms with Crippen LogP contribution < -0.4 is 5.32 Å². The third kappa shape index (κ3) is 6.04. The van der Waals surface area contributed by atoms with E-state index in [4.69, 9.17) is 0 Å². The van der Waals surface area contributed by atoms with E-state index < -0.39 is 24.3 Å². The van der Waals surface area contributed by atoms with Gasteiger partial charge < -0.3 is 25.4 Å². The van der Waals surface area contributed by atoms with Crippen LogP contribution in [0.25, 0.3) is 10.9 Å². The minimum Gasteiger partial charge on any atom is -0.390 e. The largest absolute Gasteiger partial charge is 0.390 e. The lowest BCUT2D eigenvalue weighted by molar-refractivity contribution is -0.128. The molecular weight excluding hydrogens is 494 g/mol. The van der Waals surface area contributed by atoms with Gasteiger partial charge in [-0.3, -0.25) is 14.7 Å².